The first-order chi connectivity index (χ1) is 16.6. The normalized spacial score (nSPS) is 18.3. The van der Waals surface area contributed by atoms with Gasteiger partial charge in [0, 0.05) is 29.3 Å². The molecule has 35 heavy (non-hydrogen) atoms. The Labute approximate surface area is 203 Å². The summed E-state index contributed by atoms with van der Waals surface area (Å²) in [5.41, 5.74) is 3.63. The molecule has 1 aliphatic heterocycles. The van der Waals surface area contributed by atoms with Crippen molar-refractivity contribution in [3.63, 3.8) is 0 Å². The maximum atomic E-state index is 10.9. The number of nitrogens with zero attached hydrogens (tertiary/aromatic N) is 1. The number of hydrogen-bond donors (Lipinski definition) is 4. The molecule has 2 atom stereocenters. The molecule has 0 fully saturated rings. The molecular formula is C27H30N2O6. The summed E-state index contributed by atoms with van der Waals surface area (Å²) in [6.07, 6.45) is 3.25. The van der Waals surface area contributed by atoms with E-state index in [1.807, 2.05) is 45.2 Å². The molecule has 8 heteroatoms. The predicted octanol–water partition coefficient (Wildman–Crippen LogP) is 3.66. The summed E-state index contributed by atoms with van der Waals surface area (Å²) in [5, 5.41) is 31.2. The summed E-state index contributed by atoms with van der Waals surface area (Å²) in [4.78, 5) is 23.7. The highest BCUT2D eigenvalue weighted by molar-refractivity contribution is 5.89. The molecule has 0 radical (unpaired) electrons. The maximum Gasteiger partial charge on any atom is 0.328 e. The van der Waals surface area contributed by atoms with Crippen molar-refractivity contribution in [2.24, 2.45) is 0 Å². The molecule has 1 aromatic heterocycles. The first kappa shape index (κ1) is 25.9. The number of rotatable bonds is 6. The molecule has 0 spiro atoms. The van der Waals surface area contributed by atoms with Gasteiger partial charge in [0.05, 0.1) is 11.6 Å². The number of carbonyl (C=O) groups is 2. The third-order valence-corrected chi connectivity index (χ3v) is 5.67. The minimum Gasteiger partial charge on any atom is -0.485 e. The highest BCUT2D eigenvalue weighted by Gasteiger charge is 2.42. The van der Waals surface area contributed by atoms with E-state index >= 15 is 0 Å². The standard InChI is InChI=1S/C23H26N2O2.C4H4O4/c1-15-11-17-12-20-18(13-19(17)25-14-15)21(22(26)23(2,3)27-20)24-10-9-16-7-5-4-6-8-16;5-3(6)1-2-4(7)8/h4-8,11-14,21-22,24,26H,9-10H2,1-3H3;1-2H,(H,5,6)(H,7,8)/b;2-1-. The van der Waals surface area contributed by atoms with Crippen molar-refractivity contribution >= 4 is 22.8 Å². The van der Waals surface area contributed by atoms with Gasteiger partial charge in [-0.05, 0) is 63.1 Å². The molecule has 0 saturated carbocycles. The van der Waals surface area contributed by atoms with Crippen molar-refractivity contribution in [2.45, 2.75) is 44.9 Å². The van der Waals surface area contributed by atoms with Crippen molar-refractivity contribution in [2.75, 3.05) is 6.54 Å². The van der Waals surface area contributed by atoms with Crippen LogP contribution < -0.4 is 10.1 Å². The van der Waals surface area contributed by atoms with Crippen molar-refractivity contribution in [1.29, 1.82) is 0 Å². The highest BCUT2D eigenvalue weighted by atomic mass is 16.5. The van der Waals surface area contributed by atoms with Crippen LogP contribution in [-0.4, -0.2) is 50.5 Å². The van der Waals surface area contributed by atoms with Gasteiger partial charge in [-0.3, -0.25) is 4.98 Å². The van der Waals surface area contributed by atoms with Crippen LogP contribution >= 0.6 is 0 Å². The second kappa shape index (κ2) is 11.1. The fourth-order valence-electron chi connectivity index (χ4n) is 3.91. The average Bonchev–Trinajstić information content (AvgIpc) is 2.80. The lowest BCUT2D eigenvalue weighted by Crippen LogP contribution is -2.52. The van der Waals surface area contributed by atoms with E-state index in [9.17, 15) is 14.7 Å². The largest absolute Gasteiger partial charge is 0.485 e. The lowest BCUT2D eigenvalue weighted by molar-refractivity contribution is -0.134. The molecule has 0 bridgehead atoms. The molecule has 2 heterocycles. The molecule has 184 valence electrons. The first-order valence-electron chi connectivity index (χ1n) is 11.3. The van der Waals surface area contributed by atoms with Gasteiger partial charge < -0.3 is 25.4 Å². The number of ether oxygens (including phenoxy) is 1. The molecule has 0 amide bonds. The van der Waals surface area contributed by atoms with Gasteiger partial charge in [0.2, 0.25) is 0 Å². The van der Waals surface area contributed by atoms with Crippen molar-refractivity contribution < 1.29 is 29.6 Å². The lowest BCUT2D eigenvalue weighted by atomic mass is 9.86. The number of fused-ring (bicyclic) bond motifs is 2. The van der Waals surface area contributed by atoms with Crippen LogP contribution in [0.25, 0.3) is 10.9 Å². The highest BCUT2D eigenvalue weighted by Crippen LogP contribution is 2.41. The fourth-order valence-corrected chi connectivity index (χ4v) is 3.91. The van der Waals surface area contributed by atoms with E-state index in [2.05, 4.69) is 40.6 Å². The molecule has 4 N–H and O–H groups in total. The van der Waals surface area contributed by atoms with Crippen LogP contribution in [0.1, 0.15) is 36.6 Å². The zero-order chi connectivity index (χ0) is 25.6. The van der Waals surface area contributed by atoms with E-state index in [1.165, 1.54) is 5.56 Å². The zero-order valence-electron chi connectivity index (χ0n) is 19.9. The van der Waals surface area contributed by atoms with E-state index in [-0.39, 0.29) is 6.04 Å². The van der Waals surface area contributed by atoms with Crippen molar-refractivity contribution in [1.82, 2.24) is 10.3 Å². The second-order valence-corrected chi connectivity index (χ2v) is 8.92. The van der Waals surface area contributed by atoms with Crippen LogP contribution in [0.2, 0.25) is 0 Å². The van der Waals surface area contributed by atoms with Gasteiger partial charge in [-0.25, -0.2) is 9.59 Å². The quantitative estimate of drug-likeness (QED) is 0.395. The average molecular weight is 479 g/mol. The molecule has 4 rings (SSSR count). The van der Waals surface area contributed by atoms with Gasteiger partial charge >= 0.3 is 11.9 Å². The molecule has 1 aliphatic rings. The number of hydrogen-bond acceptors (Lipinski definition) is 6. The van der Waals surface area contributed by atoms with Gasteiger partial charge in [-0.1, -0.05) is 30.3 Å². The van der Waals surface area contributed by atoms with Crippen LogP contribution in [0.3, 0.4) is 0 Å². The lowest BCUT2D eigenvalue weighted by Gasteiger charge is -2.42. The monoisotopic (exact) mass is 478 g/mol. The number of aromatic nitrogens is 1. The van der Waals surface area contributed by atoms with Crippen LogP contribution in [0.15, 0.2) is 66.9 Å². The van der Waals surface area contributed by atoms with E-state index in [0.717, 1.165) is 40.7 Å². The van der Waals surface area contributed by atoms with Gasteiger partial charge in [-0.2, -0.15) is 0 Å². The van der Waals surface area contributed by atoms with Crippen LogP contribution in [0.4, 0.5) is 0 Å². The number of aryl methyl sites for hydroxylation is 1. The Kier molecular flexibility index (Phi) is 8.22. The van der Waals surface area contributed by atoms with Gasteiger partial charge in [0.1, 0.15) is 17.5 Å². The Hall–Kier alpha value is -3.75. The Morgan fingerprint density at radius 1 is 1.09 bits per heavy atom. The summed E-state index contributed by atoms with van der Waals surface area (Å²) >= 11 is 0. The summed E-state index contributed by atoms with van der Waals surface area (Å²) in [6.45, 7) is 6.69. The number of benzene rings is 2. The van der Waals surface area contributed by atoms with E-state index in [0.29, 0.717) is 12.2 Å². The number of nitrogens with one attached hydrogen (secondary N) is 1. The summed E-state index contributed by atoms with van der Waals surface area (Å²) < 4.78 is 6.16. The number of carboxylic acids is 2. The smallest absolute Gasteiger partial charge is 0.328 e. The predicted molar refractivity (Wildman–Crippen MR) is 132 cm³/mol. The number of pyridine rings is 1. The van der Waals surface area contributed by atoms with E-state index in [4.69, 9.17) is 14.9 Å². The Morgan fingerprint density at radius 3 is 2.37 bits per heavy atom. The zero-order valence-corrected chi connectivity index (χ0v) is 19.9. The van der Waals surface area contributed by atoms with Gasteiger partial charge in [0.25, 0.3) is 0 Å². The molecule has 2 unspecified atom stereocenters. The maximum absolute atomic E-state index is 10.9. The topological polar surface area (TPSA) is 129 Å². The van der Waals surface area contributed by atoms with Crippen molar-refractivity contribution in [3.05, 3.63) is 83.6 Å². The summed E-state index contributed by atoms with van der Waals surface area (Å²) in [6, 6.07) is 16.4. The van der Waals surface area contributed by atoms with E-state index in [1.54, 1.807) is 0 Å². The minimum atomic E-state index is -1.26. The van der Waals surface area contributed by atoms with Crippen LogP contribution in [0.5, 0.6) is 5.75 Å². The SMILES string of the molecule is Cc1cnc2cc3c(cc2c1)OC(C)(C)C(O)C3NCCc1ccccc1.O=C(O)/C=C\C(=O)O. The molecule has 8 nitrogen and oxygen atoms in total. The number of carboxylic acid groups (broad SMARTS) is 2. The fraction of sp³-hybridized carbons (Fsp3) is 0.296. The van der Waals surface area contributed by atoms with Crippen LogP contribution in [-0.2, 0) is 16.0 Å². The number of aliphatic carboxylic acids is 2. The van der Waals surface area contributed by atoms with Crippen LogP contribution in [0, 0.1) is 6.92 Å². The Bertz CT molecular complexity index is 1210. The van der Waals surface area contributed by atoms with Crippen molar-refractivity contribution in [3.8, 4) is 5.75 Å². The van der Waals surface area contributed by atoms with Gasteiger partial charge in [-0.15, -0.1) is 0 Å². The Balaban J connectivity index is 0.000000371. The summed E-state index contributed by atoms with van der Waals surface area (Å²) in [5.74, 6) is -1.69. The Morgan fingerprint density at radius 2 is 1.74 bits per heavy atom. The summed E-state index contributed by atoms with van der Waals surface area (Å²) in [7, 11) is 0. The van der Waals surface area contributed by atoms with Gasteiger partial charge in [0.15, 0.2) is 0 Å². The molecular weight excluding hydrogens is 448 g/mol. The van der Waals surface area contributed by atoms with E-state index < -0.39 is 23.6 Å². The minimum absolute atomic E-state index is 0.194. The number of aliphatic hydroxyl groups excluding tert-OH is 1. The third-order valence-electron chi connectivity index (χ3n) is 5.67. The molecule has 0 saturated heterocycles. The second-order valence-electron chi connectivity index (χ2n) is 8.92. The third kappa shape index (κ3) is 6.88. The molecule has 2 aromatic carbocycles. The first-order valence-corrected chi connectivity index (χ1v) is 11.3. The molecule has 3 aromatic rings. The molecule has 0 aliphatic carbocycles. The number of aliphatic hydroxyl groups is 1.